The number of nitrogens with one attached hydrogen (secondary N) is 2. The fourth-order valence-corrected chi connectivity index (χ4v) is 4.31. The highest BCUT2D eigenvalue weighted by molar-refractivity contribution is 7.89. The zero-order valence-electron chi connectivity index (χ0n) is 14.8. The molecule has 0 saturated carbocycles. The molecule has 0 aliphatic heterocycles. The SMILES string of the molecule is Cc1cc(C)c(S(=O)(=O)NCC(=O)NCCc2ccccc2)c(C)c1. The number of sulfonamides is 1. The molecule has 25 heavy (non-hydrogen) atoms. The van der Waals surface area contributed by atoms with Gasteiger partial charge in [-0.2, -0.15) is 0 Å². The molecule has 0 saturated heterocycles. The van der Waals surface area contributed by atoms with Gasteiger partial charge in [-0.3, -0.25) is 4.79 Å². The minimum atomic E-state index is -3.72. The van der Waals surface area contributed by atoms with E-state index in [4.69, 9.17) is 0 Å². The van der Waals surface area contributed by atoms with Gasteiger partial charge in [-0.05, 0) is 43.9 Å². The molecular formula is C19H24N2O3S. The minimum Gasteiger partial charge on any atom is -0.355 e. The van der Waals surface area contributed by atoms with Crippen LogP contribution in [0.4, 0.5) is 0 Å². The first-order valence-corrected chi connectivity index (χ1v) is 9.66. The summed E-state index contributed by atoms with van der Waals surface area (Å²) in [5, 5.41) is 2.73. The van der Waals surface area contributed by atoms with Gasteiger partial charge in [0.15, 0.2) is 0 Å². The lowest BCUT2D eigenvalue weighted by molar-refractivity contribution is -0.119. The molecule has 0 fully saturated rings. The number of hydrogen-bond acceptors (Lipinski definition) is 3. The van der Waals surface area contributed by atoms with Crippen LogP contribution in [0.25, 0.3) is 0 Å². The highest BCUT2D eigenvalue weighted by atomic mass is 32.2. The first-order chi connectivity index (χ1) is 11.8. The van der Waals surface area contributed by atoms with Crippen LogP contribution in [0.2, 0.25) is 0 Å². The van der Waals surface area contributed by atoms with Crippen LogP contribution in [-0.4, -0.2) is 27.4 Å². The lowest BCUT2D eigenvalue weighted by Crippen LogP contribution is -2.38. The maximum atomic E-state index is 12.5. The summed E-state index contributed by atoms with van der Waals surface area (Å²) in [5.74, 6) is -0.345. The van der Waals surface area contributed by atoms with E-state index in [0.717, 1.165) is 11.1 Å². The van der Waals surface area contributed by atoms with Gasteiger partial charge in [0.05, 0.1) is 11.4 Å². The summed E-state index contributed by atoms with van der Waals surface area (Å²) in [6, 6.07) is 13.4. The van der Waals surface area contributed by atoms with E-state index >= 15 is 0 Å². The Labute approximate surface area is 149 Å². The zero-order chi connectivity index (χ0) is 18.4. The number of carbonyl (C=O) groups excluding carboxylic acids is 1. The van der Waals surface area contributed by atoms with Crippen LogP contribution in [0.15, 0.2) is 47.4 Å². The number of benzene rings is 2. The van der Waals surface area contributed by atoms with E-state index < -0.39 is 10.0 Å². The van der Waals surface area contributed by atoms with Crippen molar-refractivity contribution >= 4 is 15.9 Å². The average molecular weight is 360 g/mol. The molecule has 0 unspecified atom stereocenters. The maximum Gasteiger partial charge on any atom is 0.241 e. The van der Waals surface area contributed by atoms with Gasteiger partial charge >= 0.3 is 0 Å². The third-order valence-electron chi connectivity index (χ3n) is 3.87. The predicted octanol–water partition coefficient (Wildman–Crippen LogP) is 2.25. The van der Waals surface area contributed by atoms with Gasteiger partial charge in [0.2, 0.25) is 15.9 Å². The fraction of sp³-hybridized carbons (Fsp3) is 0.316. The quantitative estimate of drug-likeness (QED) is 0.795. The molecule has 2 aromatic rings. The maximum absolute atomic E-state index is 12.5. The number of aryl methyl sites for hydroxylation is 3. The highest BCUT2D eigenvalue weighted by Crippen LogP contribution is 2.21. The van der Waals surface area contributed by atoms with Gasteiger partial charge in [0.1, 0.15) is 0 Å². The number of carbonyl (C=O) groups is 1. The monoisotopic (exact) mass is 360 g/mol. The van der Waals surface area contributed by atoms with Crippen molar-refractivity contribution < 1.29 is 13.2 Å². The first kappa shape index (κ1) is 19.1. The second kappa shape index (κ2) is 8.27. The molecule has 0 radical (unpaired) electrons. The molecular weight excluding hydrogens is 336 g/mol. The predicted molar refractivity (Wildman–Crippen MR) is 99.0 cm³/mol. The minimum absolute atomic E-state index is 0.246. The summed E-state index contributed by atoms with van der Waals surface area (Å²) in [4.78, 5) is 12.1. The number of hydrogen-bond donors (Lipinski definition) is 2. The van der Waals surface area contributed by atoms with Crippen molar-refractivity contribution in [2.75, 3.05) is 13.1 Å². The molecule has 0 atom stereocenters. The van der Waals surface area contributed by atoms with Crippen LogP contribution >= 0.6 is 0 Å². The zero-order valence-corrected chi connectivity index (χ0v) is 15.6. The lowest BCUT2D eigenvalue weighted by Gasteiger charge is -2.13. The largest absolute Gasteiger partial charge is 0.355 e. The Bertz CT molecular complexity index is 823. The lowest BCUT2D eigenvalue weighted by atomic mass is 10.1. The van der Waals surface area contributed by atoms with Crippen LogP contribution in [0.1, 0.15) is 22.3 Å². The number of rotatable bonds is 7. The Hall–Kier alpha value is -2.18. The molecule has 1 amide bonds. The van der Waals surface area contributed by atoms with Crippen LogP contribution in [-0.2, 0) is 21.2 Å². The Morgan fingerprint density at radius 2 is 1.60 bits per heavy atom. The van der Waals surface area contributed by atoms with E-state index in [1.54, 1.807) is 13.8 Å². The first-order valence-electron chi connectivity index (χ1n) is 8.18. The van der Waals surface area contributed by atoms with Crippen LogP contribution < -0.4 is 10.0 Å². The third-order valence-corrected chi connectivity index (χ3v) is 5.58. The Morgan fingerprint density at radius 1 is 1.00 bits per heavy atom. The van der Waals surface area contributed by atoms with Gasteiger partial charge in [-0.15, -0.1) is 0 Å². The second-order valence-electron chi connectivity index (χ2n) is 6.14. The van der Waals surface area contributed by atoms with Gasteiger partial charge in [0.25, 0.3) is 0 Å². The topological polar surface area (TPSA) is 75.3 Å². The third kappa shape index (κ3) is 5.41. The summed E-state index contributed by atoms with van der Waals surface area (Å²) in [5.41, 5.74) is 3.48. The van der Waals surface area contributed by atoms with E-state index in [-0.39, 0.29) is 17.3 Å². The van der Waals surface area contributed by atoms with Gasteiger partial charge in [-0.1, -0.05) is 48.0 Å². The second-order valence-corrected chi connectivity index (χ2v) is 7.84. The van der Waals surface area contributed by atoms with Crippen LogP contribution in [0, 0.1) is 20.8 Å². The molecule has 0 spiro atoms. The molecule has 2 N–H and O–H groups in total. The van der Waals surface area contributed by atoms with E-state index in [1.807, 2.05) is 49.4 Å². The molecule has 2 rings (SSSR count). The highest BCUT2D eigenvalue weighted by Gasteiger charge is 2.20. The van der Waals surface area contributed by atoms with Crippen molar-refractivity contribution in [3.63, 3.8) is 0 Å². The fourth-order valence-electron chi connectivity index (χ4n) is 2.88. The molecule has 2 aromatic carbocycles. The van der Waals surface area contributed by atoms with Crippen molar-refractivity contribution in [2.45, 2.75) is 32.1 Å². The molecule has 5 nitrogen and oxygen atoms in total. The molecule has 0 aliphatic carbocycles. The van der Waals surface area contributed by atoms with E-state index in [0.29, 0.717) is 24.1 Å². The Morgan fingerprint density at radius 3 is 2.20 bits per heavy atom. The van der Waals surface area contributed by atoms with Gasteiger partial charge < -0.3 is 5.32 Å². The van der Waals surface area contributed by atoms with Gasteiger partial charge in [-0.25, -0.2) is 13.1 Å². The summed E-state index contributed by atoms with van der Waals surface area (Å²) in [7, 11) is -3.72. The van der Waals surface area contributed by atoms with Crippen molar-refractivity contribution in [2.24, 2.45) is 0 Å². The number of amides is 1. The summed E-state index contributed by atoms with van der Waals surface area (Å²) in [6.45, 7) is 5.63. The van der Waals surface area contributed by atoms with Crippen molar-refractivity contribution in [1.29, 1.82) is 0 Å². The molecule has 0 aromatic heterocycles. The molecule has 0 aliphatic rings. The average Bonchev–Trinajstić information content (AvgIpc) is 2.53. The normalized spacial score (nSPS) is 11.3. The van der Waals surface area contributed by atoms with Crippen LogP contribution in [0.3, 0.4) is 0 Å². The molecule has 134 valence electrons. The van der Waals surface area contributed by atoms with Crippen molar-refractivity contribution in [3.8, 4) is 0 Å². The Balaban J connectivity index is 1.90. The standard InChI is InChI=1S/C19H24N2O3S/c1-14-11-15(2)19(16(3)12-14)25(23,24)21-13-18(22)20-10-9-17-7-5-4-6-8-17/h4-8,11-12,21H,9-10,13H2,1-3H3,(H,20,22). The van der Waals surface area contributed by atoms with Crippen LogP contribution in [0.5, 0.6) is 0 Å². The van der Waals surface area contributed by atoms with Gasteiger partial charge in [0, 0.05) is 6.54 Å². The molecule has 0 heterocycles. The Kier molecular flexibility index (Phi) is 6.33. The van der Waals surface area contributed by atoms with E-state index in [2.05, 4.69) is 10.0 Å². The molecule has 6 heteroatoms. The summed E-state index contributed by atoms with van der Waals surface area (Å²) < 4.78 is 27.4. The van der Waals surface area contributed by atoms with E-state index in [9.17, 15) is 13.2 Å². The summed E-state index contributed by atoms with van der Waals surface area (Å²) in [6.07, 6.45) is 0.704. The smallest absolute Gasteiger partial charge is 0.241 e. The van der Waals surface area contributed by atoms with E-state index in [1.165, 1.54) is 0 Å². The molecule has 0 bridgehead atoms. The van der Waals surface area contributed by atoms with Crippen molar-refractivity contribution in [1.82, 2.24) is 10.0 Å². The van der Waals surface area contributed by atoms with Crippen molar-refractivity contribution in [3.05, 3.63) is 64.7 Å². The summed E-state index contributed by atoms with van der Waals surface area (Å²) >= 11 is 0.